The van der Waals surface area contributed by atoms with Crippen LogP contribution in [-0.2, 0) is 4.79 Å². The number of anilines is 1. The summed E-state index contributed by atoms with van der Waals surface area (Å²) >= 11 is 0. The lowest BCUT2D eigenvalue weighted by Gasteiger charge is -2.12. The third-order valence-electron chi connectivity index (χ3n) is 4.28. The van der Waals surface area contributed by atoms with Crippen LogP contribution >= 0.6 is 0 Å². The molecule has 7 nitrogen and oxygen atoms in total. The number of phenols is 1. The number of phenolic OH excluding ortho intramolecular Hbond substituents is 1. The van der Waals surface area contributed by atoms with Gasteiger partial charge in [-0.15, -0.1) is 0 Å². The Hall–Kier alpha value is -4.44. The van der Waals surface area contributed by atoms with Crippen molar-refractivity contribution in [3.63, 3.8) is 0 Å². The summed E-state index contributed by atoms with van der Waals surface area (Å²) in [5.41, 5.74) is 0.717. The van der Waals surface area contributed by atoms with Crippen molar-refractivity contribution in [2.45, 2.75) is 0 Å². The van der Waals surface area contributed by atoms with Crippen molar-refractivity contribution in [3.05, 3.63) is 77.9 Å². The monoisotopic (exact) mass is 416 g/mol. The Morgan fingerprint density at radius 2 is 1.58 bits per heavy atom. The summed E-state index contributed by atoms with van der Waals surface area (Å²) in [5.74, 6) is 0.584. The largest absolute Gasteiger partial charge is 0.502 e. The van der Waals surface area contributed by atoms with Gasteiger partial charge in [-0.05, 0) is 48.0 Å². The average molecular weight is 416 g/mol. The molecular weight excluding hydrogens is 396 g/mol. The van der Waals surface area contributed by atoms with Crippen LogP contribution in [0.2, 0.25) is 0 Å². The van der Waals surface area contributed by atoms with Gasteiger partial charge in [-0.1, -0.05) is 30.3 Å². The van der Waals surface area contributed by atoms with Gasteiger partial charge in [0.15, 0.2) is 17.2 Å². The molecule has 0 aromatic heterocycles. The van der Waals surface area contributed by atoms with E-state index in [2.05, 4.69) is 5.32 Å². The molecule has 3 aromatic rings. The molecule has 7 heteroatoms. The molecule has 0 radical (unpaired) electrons. The molecule has 0 fully saturated rings. The number of methoxy groups -OCH3 is 2. The second-order valence-electron chi connectivity index (χ2n) is 6.31. The fourth-order valence-electron chi connectivity index (χ4n) is 2.78. The van der Waals surface area contributed by atoms with Gasteiger partial charge in [-0.25, -0.2) is 0 Å². The molecule has 0 aliphatic heterocycles. The number of carbonyl (C=O) groups is 1. The van der Waals surface area contributed by atoms with Crippen molar-refractivity contribution in [1.29, 1.82) is 5.26 Å². The zero-order valence-electron chi connectivity index (χ0n) is 17.0. The summed E-state index contributed by atoms with van der Waals surface area (Å²) in [6.45, 7) is 0. The topological polar surface area (TPSA) is 101 Å². The van der Waals surface area contributed by atoms with E-state index in [-0.39, 0.29) is 22.8 Å². The molecule has 1 amide bonds. The van der Waals surface area contributed by atoms with Crippen molar-refractivity contribution >= 4 is 17.7 Å². The molecule has 0 aliphatic rings. The van der Waals surface area contributed by atoms with Crippen LogP contribution in [0.25, 0.3) is 6.08 Å². The SMILES string of the molecule is COc1cc(C=C(C#N)C(=O)Nc2ccccc2Oc2ccccc2)cc(OC)c1O. The maximum Gasteiger partial charge on any atom is 0.266 e. The van der Waals surface area contributed by atoms with Crippen LogP contribution in [0.3, 0.4) is 0 Å². The number of benzene rings is 3. The fourth-order valence-corrected chi connectivity index (χ4v) is 2.78. The maximum absolute atomic E-state index is 12.8. The highest BCUT2D eigenvalue weighted by Gasteiger charge is 2.15. The number of aromatic hydroxyl groups is 1. The highest BCUT2D eigenvalue weighted by Crippen LogP contribution is 2.37. The highest BCUT2D eigenvalue weighted by molar-refractivity contribution is 6.10. The Bertz CT molecular complexity index is 1130. The Kier molecular flexibility index (Phi) is 6.76. The van der Waals surface area contributed by atoms with Crippen molar-refractivity contribution < 1.29 is 24.1 Å². The van der Waals surface area contributed by atoms with Crippen LogP contribution in [0.1, 0.15) is 5.56 Å². The molecule has 156 valence electrons. The Balaban J connectivity index is 1.87. The van der Waals surface area contributed by atoms with E-state index in [4.69, 9.17) is 14.2 Å². The molecule has 2 N–H and O–H groups in total. The molecule has 3 aromatic carbocycles. The minimum atomic E-state index is -0.613. The van der Waals surface area contributed by atoms with E-state index in [1.54, 1.807) is 36.4 Å². The third kappa shape index (κ3) is 5.14. The predicted octanol–water partition coefficient (Wildman–Crippen LogP) is 4.75. The summed E-state index contributed by atoms with van der Waals surface area (Å²) < 4.78 is 16.1. The first kappa shape index (κ1) is 21.3. The third-order valence-corrected chi connectivity index (χ3v) is 4.28. The lowest BCUT2D eigenvalue weighted by atomic mass is 10.1. The normalized spacial score (nSPS) is 10.7. The fraction of sp³-hybridized carbons (Fsp3) is 0.0833. The van der Waals surface area contributed by atoms with E-state index in [1.165, 1.54) is 32.4 Å². The van der Waals surface area contributed by atoms with Crippen LogP contribution < -0.4 is 19.5 Å². The lowest BCUT2D eigenvalue weighted by molar-refractivity contribution is -0.112. The minimum Gasteiger partial charge on any atom is -0.502 e. The molecule has 0 saturated carbocycles. The lowest BCUT2D eigenvalue weighted by Crippen LogP contribution is -2.14. The Morgan fingerprint density at radius 1 is 0.968 bits per heavy atom. The quantitative estimate of drug-likeness (QED) is 0.426. The van der Waals surface area contributed by atoms with Gasteiger partial charge in [0.2, 0.25) is 5.75 Å². The number of ether oxygens (including phenoxy) is 3. The van der Waals surface area contributed by atoms with Crippen LogP contribution in [0.5, 0.6) is 28.7 Å². The summed E-state index contributed by atoms with van der Waals surface area (Å²) in [5, 5.41) is 22.3. The summed E-state index contributed by atoms with van der Waals surface area (Å²) in [6.07, 6.45) is 1.38. The number of amides is 1. The first-order valence-electron chi connectivity index (χ1n) is 9.25. The van der Waals surface area contributed by atoms with Crippen molar-refractivity contribution in [2.75, 3.05) is 19.5 Å². The first-order valence-corrected chi connectivity index (χ1v) is 9.25. The van der Waals surface area contributed by atoms with Gasteiger partial charge < -0.3 is 24.6 Å². The number of nitrogens with zero attached hydrogens (tertiary/aromatic N) is 1. The van der Waals surface area contributed by atoms with E-state index < -0.39 is 5.91 Å². The van der Waals surface area contributed by atoms with E-state index in [1.807, 2.05) is 24.3 Å². The molecule has 0 unspecified atom stereocenters. The highest BCUT2D eigenvalue weighted by atomic mass is 16.5. The van der Waals surface area contributed by atoms with Gasteiger partial charge in [-0.2, -0.15) is 5.26 Å². The van der Waals surface area contributed by atoms with E-state index in [0.29, 0.717) is 22.7 Å². The Labute approximate surface area is 179 Å². The number of hydrogen-bond donors (Lipinski definition) is 2. The standard InChI is InChI=1S/C24H20N2O5/c1-29-21-13-16(14-22(30-2)23(21)27)12-17(15-25)24(28)26-19-10-6-7-11-20(19)31-18-8-4-3-5-9-18/h3-14,27H,1-2H3,(H,26,28). The van der Waals surface area contributed by atoms with Gasteiger partial charge in [0.05, 0.1) is 19.9 Å². The number of para-hydroxylation sites is 3. The van der Waals surface area contributed by atoms with Crippen LogP contribution in [0.4, 0.5) is 5.69 Å². The molecule has 0 heterocycles. The molecule has 0 aliphatic carbocycles. The number of rotatable bonds is 7. The Morgan fingerprint density at radius 3 is 2.19 bits per heavy atom. The summed E-state index contributed by atoms with van der Waals surface area (Å²) in [4.78, 5) is 12.8. The average Bonchev–Trinajstić information content (AvgIpc) is 2.80. The van der Waals surface area contributed by atoms with E-state index in [0.717, 1.165) is 0 Å². The summed E-state index contributed by atoms with van der Waals surface area (Å²) in [6, 6.07) is 21.0. The van der Waals surface area contributed by atoms with E-state index in [9.17, 15) is 15.2 Å². The van der Waals surface area contributed by atoms with Gasteiger partial charge in [0, 0.05) is 0 Å². The molecule has 0 atom stereocenters. The predicted molar refractivity (Wildman–Crippen MR) is 116 cm³/mol. The molecular formula is C24H20N2O5. The number of hydrogen-bond acceptors (Lipinski definition) is 6. The maximum atomic E-state index is 12.8. The number of nitriles is 1. The van der Waals surface area contributed by atoms with E-state index >= 15 is 0 Å². The molecule has 3 rings (SSSR count). The minimum absolute atomic E-state index is 0.149. The zero-order chi connectivity index (χ0) is 22.2. The second-order valence-corrected chi connectivity index (χ2v) is 6.31. The molecule has 0 spiro atoms. The first-order chi connectivity index (χ1) is 15.0. The van der Waals surface area contributed by atoms with Crippen molar-refractivity contribution in [3.8, 4) is 34.8 Å². The van der Waals surface area contributed by atoms with Crippen LogP contribution in [0.15, 0.2) is 72.3 Å². The number of nitrogens with one attached hydrogen (secondary N) is 1. The van der Waals surface area contributed by atoms with Crippen LogP contribution in [-0.4, -0.2) is 25.2 Å². The number of carbonyl (C=O) groups excluding carboxylic acids is 1. The van der Waals surface area contributed by atoms with Crippen molar-refractivity contribution in [2.24, 2.45) is 0 Å². The van der Waals surface area contributed by atoms with Gasteiger partial charge in [0.25, 0.3) is 5.91 Å². The molecule has 31 heavy (non-hydrogen) atoms. The smallest absolute Gasteiger partial charge is 0.266 e. The second kappa shape index (κ2) is 9.85. The molecule has 0 bridgehead atoms. The molecule has 0 saturated heterocycles. The summed E-state index contributed by atoms with van der Waals surface area (Å²) in [7, 11) is 2.78. The van der Waals surface area contributed by atoms with Gasteiger partial charge in [0.1, 0.15) is 17.4 Å². The van der Waals surface area contributed by atoms with Crippen molar-refractivity contribution in [1.82, 2.24) is 0 Å². The van der Waals surface area contributed by atoms with Crippen LogP contribution in [0, 0.1) is 11.3 Å². The zero-order valence-corrected chi connectivity index (χ0v) is 17.0. The van der Waals surface area contributed by atoms with Gasteiger partial charge >= 0.3 is 0 Å². The van der Waals surface area contributed by atoms with Gasteiger partial charge in [-0.3, -0.25) is 4.79 Å².